The van der Waals surface area contributed by atoms with E-state index in [1.54, 1.807) is 29.9 Å². The number of hydrogen-bond donors (Lipinski definition) is 1. The van der Waals surface area contributed by atoms with E-state index in [4.69, 9.17) is 9.47 Å². The normalized spacial score (nSPS) is 13.9. The maximum absolute atomic E-state index is 13.3. The second-order valence-corrected chi connectivity index (χ2v) is 7.75. The molecule has 0 saturated heterocycles. The highest BCUT2D eigenvalue weighted by Crippen LogP contribution is 2.32. The molecule has 0 fully saturated rings. The molecule has 9 nitrogen and oxygen atoms in total. The van der Waals surface area contributed by atoms with E-state index in [0.29, 0.717) is 42.6 Å². The van der Waals surface area contributed by atoms with Gasteiger partial charge in [0, 0.05) is 25.0 Å². The van der Waals surface area contributed by atoms with Gasteiger partial charge in [-0.3, -0.25) is 14.9 Å². The molecule has 3 aromatic heterocycles. The minimum absolute atomic E-state index is 0.211. The van der Waals surface area contributed by atoms with Gasteiger partial charge in [0.15, 0.2) is 5.69 Å². The van der Waals surface area contributed by atoms with Crippen LogP contribution in [0.1, 0.15) is 28.7 Å². The van der Waals surface area contributed by atoms with Crippen molar-refractivity contribution in [2.24, 2.45) is 7.05 Å². The number of fused-ring (bicyclic) bond motifs is 4. The molecule has 1 aliphatic heterocycles. The maximum atomic E-state index is 13.3. The van der Waals surface area contributed by atoms with Gasteiger partial charge in [-0.2, -0.15) is 10.2 Å². The van der Waals surface area contributed by atoms with Crippen LogP contribution in [0, 0.1) is 0 Å². The van der Waals surface area contributed by atoms with Crippen LogP contribution in [0.15, 0.2) is 36.5 Å². The summed E-state index contributed by atoms with van der Waals surface area (Å²) in [5.74, 6) is 1.02. The molecular formula is C24H24N6O3. The van der Waals surface area contributed by atoms with E-state index < -0.39 is 0 Å². The molecule has 0 aliphatic carbocycles. The van der Waals surface area contributed by atoms with Crippen molar-refractivity contribution in [2.45, 2.75) is 6.92 Å². The van der Waals surface area contributed by atoms with Crippen molar-refractivity contribution < 1.29 is 14.3 Å². The average molecular weight is 444 g/mol. The number of hydrogen-bond acceptors (Lipinski definition) is 6. The Kier molecular flexibility index (Phi) is 5.29. The second-order valence-electron chi connectivity index (χ2n) is 7.75. The summed E-state index contributed by atoms with van der Waals surface area (Å²) in [5.41, 5.74) is 4.13. The molecule has 1 amide bonds. The van der Waals surface area contributed by atoms with Crippen LogP contribution >= 0.6 is 0 Å². The second kappa shape index (κ2) is 8.42. The fraction of sp³-hybridized carbons (Fsp3) is 0.250. The molecule has 0 spiro atoms. The molecular weight excluding hydrogens is 420 g/mol. The van der Waals surface area contributed by atoms with E-state index in [1.165, 1.54) is 0 Å². The van der Waals surface area contributed by atoms with Gasteiger partial charge in [0.2, 0.25) is 5.88 Å². The number of nitrogens with zero attached hydrogens (tertiary/aromatic N) is 5. The number of pyridine rings is 1. The van der Waals surface area contributed by atoms with E-state index in [-0.39, 0.29) is 5.91 Å². The molecule has 0 radical (unpaired) electrons. The number of amides is 1. The lowest BCUT2D eigenvalue weighted by Crippen LogP contribution is -2.31. The topological polar surface area (TPSA) is 98.2 Å². The van der Waals surface area contributed by atoms with Crippen LogP contribution in [0.25, 0.3) is 34.3 Å². The molecule has 168 valence electrons. The molecule has 1 aliphatic rings. The Morgan fingerprint density at radius 1 is 1.21 bits per heavy atom. The summed E-state index contributed by atoms with van der Waals surface area (Å²) in [6, 6.07) is 9.74. The van der Waals surface area contributed by atoms with Gasteiger partial charge in [0.05, 0.1) is 41.8 Å². The summed E-state index contributed by atoms with van der Waals surface area (Å²) in [4.78, 5) is 19.5. The number of aromatic amines is 1. The number of likely N-dealkylation sites (N-methyl/N-ethyl adjacent to an activating group) is 1. The van der Waals surface area contributed by atoms with Crippen LogP contribution in [-0.2, 0) is 7.05 Å². The van der Waals surface area contributed by atoms with Crippen LogP contribution in [0.3, 0.4) is 0 Å². The lowest BCUT2D eigenvalue weighted by molar-refractivity contribution is 0.0767. The minimum atomic E-state index is -0.211. The van der Waals surface area contributed by atoms with Gasteiger partial charge in [-0.15, -0.1) is 0 Å². The Hall–Kier alpha value is -4.14. The highest BCUT2D eigenvalue weighted by Gasteiger charge is 2.24. The van der Waals surface area contributed by atoms with E-state index in [2.05, 4.69) is 20.3 Å². The third-order valence-corrected chi connectivity index (χ3v) is 5.59. The first kappa shape index (κ1) is 20.7. The zero-order valence-electron chi connectivity index (χ0n) is 18.7. The molecule has 2 bridgehead atoms. The van der Waals surface area contributed by atoms with Gasteiger partial charge in [-0.1, -0.05) is 12.1 Å². The number of aryl methyl sites for hydroxylation is 1. The average Bonchev–Trinajstić information content (AvgIpc) is 3.37. The molecule has 9 heteroatoms. The highest BCUT2D eigenvalue weighted by molar-refractivity contribution is 5.99. The monoisotopic (exact) mass is 444 g/mol. The molecule has 33 heavy (non-hydrogen) atoms. The van der Waals surface area contributed by atoms with Gasteiger partial charge in [0.1, 0.15) is 12.4 Å². The summed E-state index contributed by atoms with van der Waals surface area (Å²) >= 11 is 0. The number of ether oxygens (including phenoxy) is 2. The van der Waals surface area contributed by atoms with E-state index in [1.807, 2.05) is 49.4 Å². The van der Waals surface area contributed by atoms with Crippen molar-refractivity contribution in [2.75, 3.05) is 26.8 Å². The fourth-order valence-electron chi connectivity index (χ4n) is 3.89. The van der Waals surface area contributed by atoms with Crippen molar-refractivity contribution in [3.63, 3.8) is 0 Å². The molecule has 0 saturated carbocycles. The Morgan fingerprint density at radius 3 is 2.91 bits per heavy atom. The van der Waals surface area contributed by atoms with Crippen molar-refractivity contribution >= 4 is 29.0 Å². The fourth-order valence-corrected chi connectivity index (χ4v) is 3.89. The first-order chi connectivity index (χ1) is 16.1. The number of para-hydroxylation sites is 1. The first-order valence-corrected chi connectivity index (χ1v) is 10.8. The molecule has 4 heterocycles. The molecule has 4 aromatic rings. The summed E-state index contributed by atoms with van der Waals surface area (Å²) in [5, 5.41) is 12.8. The third-order valence-electron chi connectivity index (χ3n) is 5.59. The van der Waals surface area contributed by atoms with Crippen LogP contribution in [-0.4, -0.2) is 62.6 Å². The van der Waals surface area contributed by atoms with E-state index >= 15 is 0 Å². The Labute approximate surface area is 190 Å². The Morgan fingerprint density at radius 2 is 2.06 bits per heavy atom. The number of H-pyrrole nitrogens is 1. The SMILES string of the molecule is CCOc1c2c(nn1C)C(=O)N(C)CCOc1ccccc1-c1cc3c(n[nH]c3cn1)C=C2. The van der Waals surface area contributed by atoms with Crippen molar-refractivity contribution in [3.05, 3.63) is 53.5 Å². The van der Waals surface area contributed by atoms with Gasteiger partial charge < -0.3 is 14.4 Å². The predicted molar refractivity (Wildman–Crippen MR) is 125 cm³/mol. The smallest absolute Gasteiger partial charge is 0.274 e. The predicted octanol–water partition coefficient (Wildman–Crippen LogP) is 3.39. The van der Waals surface area contributed by atoms with E-state index in [9.17, 15) is 4.79 Å². The number of aromatic nitrogens is 5. The van der Waals surface area contributed by atoms with Crippen LogP contribution in [0.4, 0.5) is 0 Å². The van der Waals surface area contributed by atoms with Crippen LogP contribution in [0.2, 0.25) is 0 Å². The Balaban J connectivity index is 1.70. The van der Waals surface area contributed by atoms with Crippen molar-refractivity contribution in [1.82, 2.24) is 29.9 Å². The number of rotatable bonds is 2. The maximum Gasteiger partial charge on any atom is 0.274 e. The number of carbonyl (C=O) groups is 1. The van der Waals surface area contributed by atoms with Crippen molar-refractivity contribution in [1.29, 1.82) is 0 Å². The summed E-state index contributed by atoms with van der Waals surface area (Å²) in [6.45, 7) is 3.07. The highest BCUT2D eigenvalue weighted by atomic mass is 16.5. The number of nitrogens with one attached hydrogen (secondary N) is 1. The number of carbonyl (C=O) groups excluding carboxylic acids is 1. The molecule has 1 aromatic carbocycles. The molecule has 5 rings (SSSR count). The first-order valence-electron chi connectivity index (χ1n) is 10.8. The van der Waals surface area contributed by atoms with E-state index in [0.717, 1.165) is 27.9 Å². The zero-order valence-corrected chi connectivity index (χ0v) is 18.7. The molecule has 0 unspecified atom stereocenters. The lowest BCUT2D eigenvalue weighted by Gasteiger charge is -2.17. The minimum Gasteiger partial charge on any atom is -0.491 e. The Bertz CT molecular complexity index is 1370. The molecule has 1 N–H and O–H groups in total. The van der Waals surface area contributed by atoms with Gasteiger partial charge in [-0.05, 0) is 37.3 Å². The third kappa shape index (κ3) is 3.71. The quantitative estimate of drug-likeness (QED) is 0.509. The largest absolute Gasteiger partial charge is 0.491 e. The summed E-state index contributed by atoms with van der Waals surface area (Å²) in [6.07, 6.45) is 5.46. The van der Waals surface area contributed by atoms with Gasteiger partial charge >= 0.3 is 0 Å². The zero-order chi connectivity index (χ0) is 22.9. The van der Waals surface area contributed by atoms with Crippen LogP contribution < -0.4 is 9.47 Å². The summed E-state index contributed by atoms with van der Waals surface area (Å²) in [7, 11) is 3.50. The standard InChI is InChI=1S/C24H24N6O3/c1-4-32-24-16-9-10-18-17-13-19(25-14-20(17)27-26-18)15-7-5-6-8-21(15)33-12-11-29(2)23(31)22(16)28-30(24)3/h5-10,13-14H,4,11-12H2,1-3H3,(H,26,27). The van der Waals surface area contributed by atoms with Crippen LogP contribution in [0.5, 0.6) is 11.6 Å². The van der Waals surface area contributed by atoms with Crippen molar-refractivity contribution in [3.8, 4) is 22.9 Å². The van der Waals surface area contributed by atoms with Gasteiger partial charge in [-0.25, -0.2) is 4.68 Å². The lowest BCUT2D eigenvalue weighted by atomic mass is 10.1. The van der Waals surface area contributed by atoms with Gasteiger partial charge in [0.25, 0.3) is 5.91 Å². The molecule has 0 atom stereocenters. The summed E-state index contributed by atoms with van der Waals surface area (Å²) < 4.78 is 13.5. The number of benzene rings is 1.